The highest BCUT2D eigenvalue weighted by atomic mass is 16.5. The van der Waals surface area contributed by atoms with Crippen molar-refractivity contribution in [3.8, 4) is 0 Å². The van der Waals surface area contributed by atoms with Crippen LogP contribution in [0, 0.1) is 11.3 Å². The summed E-state index contributed by atoms with van der Waals surface area (Å²) in [5.41, 5.74) is 0.0725. The molecule has 0 saturated carbocycles. The first kappa shape index (κ1) is 11.5. The van der Waals surface area contributed by atoms with Gasteiger partial charge in [0.15, 0.2) is 0 Å². The van der Waals surface area contributed by atoms with Crippen molar-refractivity contribution in [1.82, 2.24) is 5.32 Å². The molecule has 2 atom stereocenters. The quantitative estimate of drug-likeness (QED) is 0.749. The zero-order valence-corrected chi connectivity index (χ0v) is 9.59. The van der Waals surface area contributed by atoms with Crippen LogP contribution in [0.5, 0.6) is 0 Å². The Bertz CT molecular complexity index is 213. The van der Waals surface area contributed by atoms with Crippen molar-refractivity contribution in [2.45, 2.75) is 40.2 Å². The number of rotatable bonds is 3. The Morgan fingerprint density at radius 1 is 1.64 bits per heavy atom. The molecule has 1 saturated heterocycles. The summed E-state index contributed by atoms with van der Waals surface area (Å²) in [6, 6.07) is 0.170. The van der Waals surface area contributed by atoms with E-state index in [1.807, 2.05) is 13.8 Å². The molecule has 0 aliphatic carbocycles. The Labute approximate surface area is 86.2 Å². The summed E-state index contributed by atoms with van der Waals surface area (Å²) in [5.74, 6) is 0.252. The number of hydrogen-bond donors (Lipinski definition) is 1. The van der Waals surface area contributed by atoms with Crippen molar-refractivity contribution in [3.63, 3.8) is 0 Å². The van der Waals surface area contributed by atoms with E-state index in [0.29, 0.717) is 6.61 Å². The average Bonchev–Trinajstić information content (AvgIpc) is 2.44. The van der Waals surface area contributed by atoms with Crippen LogP contribution in [0.3, 0.4) is 0 Å². The Morgan fingerprint density at radius 2 is 2.29 bits per heavy atom. The summed E-state index contributed by atoms with van der Waals surface area (Å²) in [4.78, 5) is 11.7. The van der Waals surface area contributed by atoms with E-state index < -0.39 is 0 Å². The van der Waals surface area contributed by atoms with Gasteiger partial charge >= 0.3 is 0 Å². The lowest BCUT2D eigenvalue weighted by Crippen LogP contribution is -2.46. The normalized spacial score (nSPS) is 27.3. The van der Waals surface area contributed by atoms with Crippen LogP contribution in [0.4, 0.5) is 0 Å². The molecule has 0 aromatic carbocycles. The van der Waals surface area contributed by atoms with E-state index >= 15 is 0 Å². The average molecular weight is 199 g/mol. The summed E-state index contributed by atoms with van der Waals surface area (Å²) in [6.45, 7) is 9.62. The van der Waals surface area contributed by atoms with Gasteiger partial charge in [-0.3, -0.25) is 4.79 Å². The largest absolute Gasteiger partial charge is 0.379 e. The minimum Gasteiger partial charge on any atom is -0.379 e. The summed E-state index contributed by atoms with van der Waals surface area (Å²) < 4.78 is 5.37. The van der Waals surface area contributed by atoms with Gasteiger partial charge < -0.3 is 10.1 Å². The molecule has 1 amide bonds. The van der Waals surface area contributed by atoms with Gasteiger partial charge in [-0.05, 0) is 6.42 Å². The topological polar surface area (TPSA) is 38.3 Å². The number of carbonyl (C=O) groups is 1. The first-order valence-corrected chi connectivity index (χ1v) is 5.35. The Hall–Kier alpha value is -0.570. The third kappa shape index (κ3) is 2.47. The molecule has 82 valence electrons. The van der Waals surface area contributed by atoms with Crippen LogP contribution >= 0.6 is 0 Å². The molecular formula is C11H21NO2. The zero-order chi connectivity index (χ0) is 10.8. The first-order chi connectivity index (χ1) is 6.47. The lowest BCUT2D eigenvalue weighted by atomic mass is 9.87. The van der Waals surface area contributed by atoms with E-state index in [-0.39, 0.29) is 23.3 Å². The van der Waals surface area contributed by atoms with E-state index in [1.165, 1.54) is 0 Å². The second-order valence-corrected chi connectivity index (χ2v) is 4.87. The molecule has 0 spiro atoms. The molecule has 1 heterocycles. The molecule has 1 N–H and O–H groups in total. The lowest BCUT2D eigenvalue weighted by molar-refractivity contribution is -0.125. The van der Waals surface area contributed by atoms with Crippen molar-refractivity contribution in [1.29, 1.82) is 0 Å². The van der Waals surface area contributed by atoms with E-state index in [2.05, 4.69) is 19.2 Å². The summed E-state index contributed by atoms with van der Waals surface area (Å²) in [6.07, 6.45) is 0.889. The van der Waals surface area contributed by atoms with Crippen LogP contribution in [0.2, 0.25) is 0 Å². The number of ether oxygens (including phenoxy) is 1. The number of carbonyl (C=O) groups excluding carboxylic acids is 1. The van der Waals surface area contributed by atoms with Gasteiger partial charge in [0.25, 0.3) is 0 Å². The predicted molar refractivity (Wildman–Crippen MR) is 56.0 cm³/mol. The van der Waals surface area contributed by atoms with Crippen LogP contribution in [-0.2, 0) is 9.53 Å². The lowest BCUT2D eigenvalue weighted by Gasteiger charge is -2.26. The highest BCUT2D eigenvalue weighted by Gasteiger charge is 2.36. The Morgan fingerprint density at radius 3 is 2.71 bits per heavy atom. The number of hydrogen-bond acceptors (Lipinski definition) is 2. The van der Waals surface area contributed by atoms with Gasteiger partial charge in [0.05, 0.1) is 19.3 Å². The maximum absolute atomic E-state index is 11.7. The number of nitrogens with one attached hydrogen (secondary N) is 1. The molecule has 0 aromatic rings. The highest BCUT2D eigenvalue weighted by Crippen LogP contribution is 2.27. The first-order valence-electron chi connectivity index (χ1n) is 5.35. The monoisotopic (exact) mass is 199 g/mol. The summed E-state index contributed by atoms with van der Waals surface area (Å²) >= 11 is 0. The van der Waals surface area contributed by atoms with E-state index in [0.717, 1.165) is 13.0 Å². The predicted octanol–water partition coefficient (Wildman–Crippen LogP) is 1.57. The maximum Gasteiger partial charge on any atom is 0.223 e. The second kappa shape index (κ2) is 4.30. The van der Waals surface area contributed by atoms with Crippen LogP contribution in [-0.4, -0.2) is 25.2 Å². The van der Waals surface area contributed by atoms with Gasteiger partial charge in [-0.1, -0.05) is 27.7 Å². The molecule has 0 bridgehead atoms. The summed E-state index contributed by atoms with van der Waals surface area (Å²) in [7, 11) is 0. The molecule has 1 fully saturated rings. The number of amides is 1. The van der Waals surface area contributed by atoms with E-state index in [1.54, 1.807) is 0 Å². The minimum absolute atomic E-state index is 0.0725. The molecule has 3 heteroatoms. The standard InChI is InChI=1S/C11H21NO2/c1-5-8(2)10(13)12-9-6-14-7-11(9,3)4/h8-9H,5-7H2,1-4H3,(H,12,13). The van der Waals surface area contributed by atoms with Crippen LogP contribution in [0.1, 0.15) is 34.1 Å². The van der Waals surface area contributed by atoms with Gasteiger partial charge in [0.2, 0.25) is 5.91 Å². The fourth-order valence-electron chi connectivity index (χ4n) is 1.50. The van der Waals surface area contributed by atoms with Gasteiger partial charge in [0.1, 0.15) is 0 Å². The highest BCUT2D eigenvalue weighted by molar-refractivity contribution is 5.78. The van der Waals surface area contributed by atoms with E-state index in [9.17, 15) is 4.79 Å². The van der Waals surface area contributed by atoms with Crippen LogP contribution in [0.15, 0.2) is 0 Å². The van der Waals surface area contributed by atoms with E-state index in [4.69, 9.17) is 4.74 Å². The van der Waals surface area contributed by atoms with Crippen LogP contribution < -0.4 is 5.32 Å². The SMILES string of the molecule is CCC(C)C(=O)NC1COCC1(C)C. The molecule has 3 nitrogen and oxygen atoms in total. The third-order valence-electron chi connectivity index (χ3n) is 3.08. The van der Waals surface area contributed by atoms with Crippen LogP contribution in [0.25, 0.3) is 0 Å². The molecule has 14 heavy (non-hydrogen) atoms. The van der Waals surface area contributed by atoms with Gasteiger partial charge in [-0.2, -0.15) is 0 Å². The van der Waals surface area contributed by atoms with Crippen molar-refractivity contribution in [2.75, 3.05) is 13.2 Å². The fraction of sp³-hybridized carbons (Fsp3) is 0.909. The second-order valence-electron chi connectivity index (χ2n) is 4.87. The van der Waals surface area contributed by atoms with Crippen molar-refractivity contribution in [3.05, 3.63) is 0 Å². The van der Waals surface area contributed by atoms with Gasteiger partial charge in [0, 0.05) is 11.3 Å². The smallest absolute Gasteiger partial charge is 0.223 e. The molecule has 1 aliphatic rings. The Balaban J connectivity index is 2.48. The van der Waals surface area contributed by atoms with Gasteiger partial charge in [-0.25, -0.2) is 0 Å². The third-order valence-corrected chi connectivity index (χ3v) is 3.08. The molecule has 1 aliphatic heterocycles. The Kier molecular flexibility index (Phi) is 3.53. The molecule has 0 aromatic heterocycles. The summed E-state index contributed by atoms with van der Waals surface area (Å²) in [5, 5.41) is 3.06. The maximum atomic E-state index is 11.7. The van der Waals surface area contributed by atoms with Crippen molar-refractivity contribution < 1.29 is 9.53 Å². The van der Waals surface area contributed by atoms with Crippen molar-refractivity contribution in [2.24, 2.45) is 11.3 Å². The molecule has 1 rings (SSSR count). The molecule has 0 radical (unpaired) electrons. The van der Waals surface area contributed by atoms with Gasteiger partial charge in [-0.15, -0.1) is 0 Å². The van der Waals surface area contributed by atoms with Crippen molar-refractivity contribution >= 4 is 5.91 Å². The minimum atomic E-state index is 0.0725. The molecular weight excluding hydrogens is 178 g/mol. The zero-order valence-electron chi connectivity index (χ0n) is 9.59. The fourth-order valence-corrected chi connectivity index (χ4v) is 1.50. The molecule has 2 unspecified atom stereocenters.